The molecule has 1 aliphatic rings. The summed E-state index contributed by atoms with van der Waals surface area (Å²) in [6, 6.07) is 6.13. The Labute approximate surface area is 109 Å². The summed E-state index contributed by atoms with van der Waals surface area (Å²) in [7, 11) is 0. The summed E-state index contributed by atoms with van der Waals surface area (Å²) in [5.41, 5.74) is 3.34. The summed E-state index contributed by atoms with van der Waals surface area (Å²) < 4.78 is 0.991. The number of aliphatic carboxylic acids is 1. The topological polar surface area (TPSA) is 37.3 Å². The van der Waals surface area contributed by atoms with E-state index >= 15 is 0 Å². The number of benzene rings is 1. The fourth-order valence-corrected chi connectivity index (χ4v) is 2.75. The number of hydrogen-bond acceptors (Lipinski definition) is 1. The molecule has 0 saturated heterocycles. The van der Waals surface area contributed by atoms with Crippen LogP contribution in [0.1, 0.15) is 37.8 Å². The molecule has 2 nitrogen and oxygen atoms in total. The highest BCUT2D eigenvalue weighted by Gasteiger charge is 2.29. The summed E-state index contributed by atoms with van der Waals surface area (Å²) in [6.07, 6.45) is 3.14. The Morgan fingerprint density at radius 3 is 2.82 bits per heavy atom. The van der Waals surface area contributed by atoms with Crippen LogP contribution in [0.3, 0.4) is 0 Å². The summed E-state index contributed by atoms with van der Waals surface area (Å²) in [6.45, 7) is 4.41. The Morgan fingerprint density at radius 1 is 1.47 bits per heavy atom. The number of hydrogen-bond donors (Lipinski definition) is 1. The smallest absolute Gasteiger partial charge is 0.328 e. The molecule has 0 saturated carbocycles. The highest BCUT2D eigenvalue weighted by Crippen LogP contribution is 2.42. The molecule has 0 aromatic heterocycles. The highest BCUT2D eigenvalue weighted by molar-refractivity contribution is 9.10. The van der Waals surface area contributed by atoms with Gasteiger partial charge in [0.25, 0.3) is 0 Å². The third-order valence-corrected chi connectivity index (χ3v) is 3.87. The van der Waals surface area contributed by atoms with Crippen LogP contribution in [0.5, 0.6) is 0 Å². The van der Waals surface area contributed by atoms with E-state index in [-0.39, 0.29) is 5.41 Å². The molecule has 3 heteroatoms. The SMILES string of the molecule is CC1(C)CC/C(=C\C(=O)O)c2cc(Br)ccc21. The summed E-state index contributed by atoms with van der Waals surface area (Å²) in [4.78, 5) is 10.8. The van der Waals surface area contributed by atoms with E-state index in [0.717, 1.165) is 28.5 Å². The third kappa shape index (κ3) is 2.44. The lowest BCUT2D eigenvalue weighted by Gasteiger charge is -2.34. The van der Waals surface area contributed by atoms with E-state index in [1.807, 2.05) is 12.1 Å². The number of halogens is 1. The zero-order chi connectivity index (χ0) is 12.6. The first-order valence-electron chi connectivity index (χ1n) is 5.64. The van der Waals surface area contributed by atoms with E-state index < -0.39 is 5.97 Å². The Hall–Kier alpha value is -1.09. The molecule has 0 amide bonds. The Morgan fingerprint density at radius 2 is 2.18 bits per heavy atom. The maximum atomic E-state index is 10.8. The number of allylic oxidation sites excluding steroid dienone is 1. The van der Waals surface area contributed by atoms with E-state index in [9.17, 15) is 4.79 Å². The summed E-state index contributed by atoms with van der Waals surface area (Å²) in [5.74, 6) is -0.870. The van der Waals surface area contributed by atoms with Crippen LogP contribution in [0.4, 0.5) is 0 Å². The first-order chi connectivity index (χ1) is 7.90. The lowest BCUT2D eigenvalue weighted by molar-refractivity contribution is -0.131. The second-order valence-electron chi connectivity index (χ2n) is 5.08. The quantitative estimate of drug-likeness (QED) is 0.795. The first kappa shape index (κ1) is 12.4. The lowest BCUT2D eigenvalue weighted by atomic mass is 9.71. The first-order valence-corrected chi connectivity index (χ1v) is 6.43. The van der Waals surface area contributed by atoms with Gasteiger partial charge in [-0.25, -0.2) is 4.79 Å². The highest BCUT2D eigenvalue weighted by atomic mass is 79.9. The van der Waals surface area contributed by atoms with E-state index in [4.69, 9.17) is 5.11 Å². The predicted octanol–water partition coefficient (Wildman–Crippen LogP) is 3.99. The number of carboxylic acids is 1. The van der Waals surface area contributed by atoms with Crippen molar-refractivity contribution >= 4 is 27.5 Å². The van der Waals surface area contributed by atoms with Crippen LogP contribution in [-0.2, 0) is 10.2 Å². The van der Waals surface area contributed by atoms with Crippen molar-refractivity contribution in [1.29, 1.82) is 0 Å². The van der Waals surface area contributed by atoms with Crippen molar-refractivity contribution in [2.45, 2.75) is 32.1 Å². The normalized spacial score (nSPS) is 20.1. The van der Waals surface area contributed by atoms with Gasteiger partial charge in [-0.1, -0.05) is 35.8 Å². The molecule has 2 rings (SSSR count). The molecule has 0 spiro atoms. The lowest BCUT2D eigenvalue weighted by Crippen LogP contribution is -2.23. The fourth-order valence-electron chi connectivity index (χ4n) is 2.39. The van der Waals surface area contributed by atoms with Gasteiger partial charge in [-0.15, -0.1) is 0 Å². The van der Waals surface area contributed by atoms with Crippen LogP contribution in [0, 0.1) is 0 Å². The minimum Gasteiger partial charge on any atom is -0.478 e. The average Bonchev–Trinajstić information content (AvgIpc) is 2.22. The third-order valence-electron chi connectivity index (χ3n) is 3.37. The zero-order valence-corrected chi connectivity index (χ0v) is 11.5. The minimum atomic E-state index is -0.870. The van der Waals surface area contributed by atoms with Gasteiger partial charge < -0.3 is 5.11 Å². The van der Waals surface area contributed by atoms with Gasteiger partial charge in [0, 0.05) is 10.5 Å². The number of carboxylic acid groups (broad SMARTS) is 1. The number of rotatable bonds is 1. The molecule has 0 atom stereocenters. The van der Waals surface area contributed by atoms with E-state index in [1.165, 1.54) is 11.6 Å². The largest absolute Gasteiger partial charge is 0.478 e. The Bertz CT molecular complexity index is 501. The van der Waals surface area contributed by atoms with Crippen LogP contribution in [0.15, 0.2) is 28.7 Å². The van der Waals surface area contributed by atoms with Crippen molar-refractivity contribution in [2.75, 3.05) is 0 Å². The van der Waals surface area contributed by atoms with Crippen LogP contribution < -0.4 is 0 Å². The van der Waals surface area contributed by atoms with Crippen LogP contribution in [0.2, 0.25) is 0 Å². The van der Waals surface area contributed by atoms with Crippen molar-refractivity contribution < 1.29 is 9.90 Å². The molecule has 90 valence electrons. The van der Waals surface area contributed by atoms with Gasteiger partial charge in [-0.2, -0.15) is 0 Å². The molecule has 1 aromatic rings. The molecule has 0 aliphatic heterocycles. The van der Waals surface area contributed by atoms with Gasteiger partial charge in [0.1, 0.15) is 0 Å². The molecular weight excluding hydrogens is 280 g/mol. The average molecular weight is 295 g/mol. The minimum absolute atomic E-state index is 0.117. The number of fused-ring (bicyclic) bond motifs is 1. The van der Waals surface area contributed by atoms with Gasteiger partial charge in [-0.05, 0) is 47.1 Å². The molecule has 0 fully saturated rings. The maximum absolute atomic E-state index is 10.8. The monoisotopic (exact) mass is 294 g/mol. The molecular formula is C14H15BrO2. The Kier molecular flexibility index (Phi) is 3.13. The molecule has 0 heterocycles. The van der Waals surface area contributed by atoms with Crippen molar-refractivity contribution in [1.82, 2.24) is 0 Å². The molecule has 1 aromatic carbocycles. The summed E-state index contributed by atoms with van der Waals surface area (Å²) in [5, 5.41) is 8.90. The Balaban J connectivity index is 2.61. The van der Waals surface area contributed by atoms with Crippen LogP contribution >= 0.6 is 15.9 Å². The second kappa shape index (κ2) is 4.30. The van der Waals surface area contributed by atoms with E-state index in [1.54, 1.807) is 0 Å². The number of carbonyl (C=O) groups is 1. The van der Waals surface area contributed by atoms with Gasteiger partial charge in [-0.3, -0.25) is 0 Å². The fraction of sp³-hybridized carbons (Fsp3) is 0.357. The van der Waals surface area contributed by atoms with Crippen molar-refractivity contribution in [2.24, 2.45) is 0 Å². The summed E-state index contributed by atoms with van der Waals surface area (Å²) >= 11 is 3.45. The van der Waals surface area contributed by atoms with Crippen molar-refractivity contribution in [3.63, 3.8) is 0 Å². The molecule has 1 N–H and O–H groups in total. The van der Waals surface area contributed by atoms with Crippen LogP contribution in [-0.4, -0.2) is 11.1 Å². The second-order valence-corrected chi connectivity index (χ2v) is 6.00. The van der Waals surface area contributed by atoms with Crippen LogP contribution in [0.25, 0.3) is 5.57 Å². The maximum Gasteiger partial charge on any atom is 0.328 e. The predicted molar refractivity (Wildman–Crippen MR) is 72.0 cm³/mol. The zero-order valence-electron chi connectivity index (χ0n) is 9.96. The van der Waals surface area contributed by atoms with Gasteiger partial charge in [0.2, 0.25) is 0 Å². The molecule has 17 heavy (non-hydrogen) atoms. The molecule has 0 radical (unpaired) electrons. The van der Waals surface area contributed by atoms with Gasteiger partial charge in [0.05, 0.1) is 0 Å². The van der Waals surface area contributed by atoms with Gasteiger partial charge >= 0.3 is 5.97 Å². The molecule has 0 bridgehead atoms. The van der Waals surface area contributed by atoms with Gasteiger partial charge in [0.15, 0.2) is 0 Å². The molecule has 1 aliphatic carbocycles. The van der Waals surface area contributed by atoms with Crippen molar-refractivity contribution in [3.05, 3.63) is 39.9 Å². The van der Waals surface area contributed by atoms with Crippen molar-refractivity contribution in [3.8, 4) is 0 Å². The molecule has 0 unspecified atom stereocenters. The van der Waals surface area contributed by atoms with E-state index in [2.05, 4.69) is 35.8 Å². The standard InChI is InChI=1S/C14H15BrO2/c1-14(2)6-5-9(7-13(16)17)11-8-10(15)3-4-12(11)14/h3-4,7-8H,5-6H2,1-2H3,(H,16,17)/b9-7+. The van der Waals surface area contributed by atoms with E-state index in [0.29, 0.717) is 0 Å².